The fourth-order valence-electron chi connectivity index (χ4n) is 3.39. The Morgan fingerprint density at radius 1 is 1.06 bits per heavy atom. The van der Waals surface area contributed by atoms with E-state index in [1.807, 2.05) is 30.3 Å². The van der Waals surface area contributed by atoms with Crippen molar-refractivity contribution < 1.29 is 24.0 Å². The number of ether oxygens (including phenoxy) is 2. The maximum absolute atomic E-state index is 12.9. The Kier molecular flexibility index (Phi) is 7.52. The fourth-order valence-corrected chi connectivity index (χ4v) is 4.80. The number of thioether (sulfide) groups is 1. The van der Waals surface area contributed by atoms with Gasteiger partial charge in [-0.25, -0.2) is 0 Å². The first-order valence-electron chi connectivity index (χ1n) is 10.4. The molecule has 1 fully saturated rings. The standard InChI is InChI=1S/C25H19BrN2O6S/c1-33-21-12-18(11-20(26)23(21)34-15-17-5-3-2-4-6-17)13-22-24(29)27(25(30)35-22)14-16-7-9-19(10-8-16)28(31)32/h2-13H,14-15H2,1H3/b22-13-. The molecule has 1 heterocycles. The molecular weight excluding hydrogens is 536 g/mol. The van der Waals surface area contributed by atoms with Gasteiger partial charge >= 0.3 is 0 Å². The van der Waals surface area contributed by atoms with Crippen molar-refractivity contribution in [3.63, 3.8) is 0 Å². The molecule has 10 heteroatoms. The maximum Gasteiger partial charge on any atom is 0.293 e. The monoisotopic (exact) mass is 554 g/mol. The molecule has 3 aromatic rings. The van der Waals surface area contributed by atoms with E-state index in [4.69, 9.17) is 9.47 Å². The van der Waals surface area contributed by atoms with Crippen molar-refractivity contribution in [1.82, 2.24) is 4.90 Å². The lowest BCUT2D eigenvalue weighted by Crippen LogP contribution is -2.27. The Bertz CT molecular complexity index is 1310. The highest BCUT2D eigenvalue weighted by Crippen LogP contribution is 2.39. The minimum Gasteiger partial charge on any atom is -0.493 e. The minimum atomic E-state index is -0.503. The zero-order valence-electron chi connectivity index (χ0n) is 18.5. The molecule has 1 aliphatic rings. The van der Waals surface area contributed by atoms with Crippen molar-refractivity contribution in [3.8, 4) is 11.5 Å². The molecule has 0 radical (unpaired) electrons. The van der Waals surface area contributed by atoms with Crippen LogP contribution in [0.3, 0.4) is 0 Å². The normalized spacial score (nSPS) is 14.5. The number of hydrogen-bond acceptors (Lipinski definition) is 7. The Balaban J connectivity index is 1.51. The molecule has 3 aromatic carbocycles. The van der Waals surface area contributed by atoms with E-state index in [9.17, 15) is 19.7 Å². The summed E-state index contributed by atoms with van der Waals surface area (Å²) in [4.78, 5) is 37.1. The van der Waals surface area contributed by atoms with Gasteiger partial charge in [0, 0.05) is 12.1 Å². The molecule has 0 aliphatic carbocycles. The zero-order valence-corrected chi connectivity index (χ0v) is 20.9. The van der Waals surface area contributed by atoms with Crippen LogP contribution in [-0.2, 0) is 17.9 Å². The average Bonchev–Trinajstić information content (AvgIpc) is 3.11. The second-order valence-corrected chi connectivity index (χ2v) is 9.35. The van der Waals surface area contributed by atoms with Gasteiger partial charge in [0.15, 0.2) is 11.5 Å². The van der Waals surface area contributed by atoms with Gasteiger partial charge < -0.3 is 9.47 Å². The van der Waals surface area contributed by atoms with Gasteiger partial charge in [0.05, 0.1) is 28.0 Å². The summed E-state index contributed by atoms with van der Waals surface area (Å²) < 4.78 is 12.1. The van der Waals surface area contributed by atoms with Crippen LogP contribution < -0.4 is 9.47 Å². The lowest BCUT2D eigenvalue weighted by Gasteiger charge is -2.14. The summed E-state index contributed by atoms with van der Waals surface area (Å²) in [5.41, 5.74) is 2.22. The molecule has 0 N–H and O–H groups in total. The largest absolute Gasteiger partial charge is 0.493 e. The van der Waals surface area contributed by atoms with Crippen LogP contribution in [0.25, 0.3) is 6.08 Å². The topological polar surface area (TPSA) is 99.0 Å². The SMILES string of the molecule is COc1cc(/C=C2\SC(=O)N(Cc3ccc([N+](=O)[O-])cc3)C2=O)cc(Br)c1OCc1ccccc1. The van der Waals surface area contributed by atoms with Crippen LogP contribution in [0.2, 0.25) is 0 Å². The van der Waals surface area contributed by atoms with E-state index in [1.54, 1.807) is 18.2 Å². The van der Waals surface area contributed by atoms with Gasteiger partial charge in [0.2, 0.25) is 0 Å². The van der Waals surface area contributed by atoms with Crippen LogP contribution in [0.1, 0.15) is 16.7 Å². The third-order valence-electron chi connectivity index (χ3n) is 5.14. The number of amides is 2. The first-order valence-corrected chi connectivity index (χ1v) is 12.0. The van der Waals surface area contributed by atoms with Crippen molar-refractivity contribution in [1.29, 1.82) is 0 Å². The molecule has 4 rings (SSSR count). The van der Waals surface area contributed by atoms with Crippen LogP contribution in [0, 0.1) is 10.1 Å². The van der Waals surface area contributed by atoms with Crippen molar-refractivity contribution in [2.45, 2.75) is 13.2 Å². The number of carbonyl (C=O) groups is 2. The molecule has 1 saturated heterocycles. The number of nitrogens with zero attached hydrogens (tertiary/aromatic N) is 2. The third kappa shape index (κ3) is 5.72. The zero-order chi connectivity index (χ0) is 24.9. The molecule has 0 spiro atoms. The molecule has 0 atom stereocenters. The van der Waals surface area contributed by atoms with Crippen LogP contribution in [0.15, 0.2) is 76.1 Å². The number of benzene rings is 3. The molecule has 35 heavy (non-hydrogen) atoms. The molecule has 0 bridgehead atoms. The van der Waals surface area contributed by atoms with Gasteiger partial charge in [-0.1, -0.05) is 42.5 Å². The summed E-state index contributed by atoms with van der Waals surface area (Å²) in [6, 6.07) is 19.0. The number of imide groups is 1. The van der Waals surface area contributed by atoms with Crippen LogP contribution >= 0.6 is 27.7 Å². The number of non-ortho nitro benzene ring substituents is 1. The number of carbonyl (C=O) groups excluding carboxylic acids is 2. The average molecular weight is 555 g/mol. The van der Waals surface area contributed by atoms with Gasteiger partial charge in [-0.05, 0) is 62.6 Å². The van der Waals surface area contributed by atoms with Crippen molar-refractivity contribution >= 4 is 50.6 Å². The number of nitro groups is 1. The van der Waals surface area contributed by atoms with E-state index in [2.05, 4.69) is 15.9 Å². The Morgan fingerprint density at radius 2 is 1.77 bits per heavy atom. The van der Waals surface area contributed by atoms with Crippen LogP contribution in [0.4, 0.5) is 10.5 Å². The molecule has 0 aromatic heterocycles. The Labute approximate surface area is 213 Å². The molecule has 1 aliphatic heterocycles. The van der Waals surface area contributed by atoms with Gasteiger partial charge in [-0.2, -0.15) is 0 Å². The molecule has 178 valence electrons. The van der Waals surface area contributed by atoms with E-state index in [0.29, 0.717) is 33.7 Å². The van der Waals surface area contributed by atoms with E-state index in [1.165, 1.54) is 31.4 Å². The summed E-state index contributed by atoms with van der Waals surface area (Å²) in [5, 5.41) is 10.4. The summed E-state index contributed by atoms with van der Waals surface area (Å²) in [6.45, 7) is 0.385. The van der Waals surface area contributed by atoms with E-state index in [0.717, 1.165) is 22.2 Å². The highest BCUT2D eigenvalue weighted by molar-refractivity contribution is 9.10. The van der Waals surface area contributed by atoms with Crippen molar-refractivity contribution in [2.24, 2.45) is 0 Å². The third-order valence-corrected chi connectivity index (χ3v) is 6.63. The van der Waals surface area contributed by atoms with Gasteiger partial charge in [-0.15, -0.1) is 0 Å². The van der Waals surface area contributed by atoms with Crippen molar-refractivity contribution in [2.75, 3.05) is 7.11 Å². The van der Waals surface area contributed by atoms with E-state index < -0.39 is 16.1 Å². The number of methoxy groups -OCH3 is 1. The summed E-state index contributed by atoms with van der Waals surface area (Å²) in [5.74, 6) is 0.573. The van der Waals surface area contributed by atoms with Crippen LogP contribution in [0.5, 0.6) is 11.5 Å². The smallest absolute Gasteiger partial charge is 0.293 e. The quantitative estimate of drug-likeness (QED) is 0.186. The number of nitro benzene ring substituents is 1. The molecule has 8 nitrogen and oxygen atoms in total. The van der Waals surface area contributed by atoms with Crippen LogP contribution in [-0.4, -0.2) is 28.1 Å². The van der Waals surface area contributed by atoms with E-state index in [-0.39, 0.29) is 17.1 Å². The fraction of sp³-hybridized carbons (Fsp3) is 0.120. The van der Waals surface area contributed by atoms with E-state index >= 15 is 0 Å². The molecular formula is C25H19BrN2O6S. The predicted molar refractivity (Wildman–Crippen MR) is 136 cm³/mol. The highest BCUT2D eigenvalue weighted by Gasteiger charge is 2.35. The first kappa shape index (κ1) is 24.5. The minimum absolute atomic E-state index is 0.0271. The summed E-state index contributed by atoms with van der Waals surface area (Å²) in [6.07, 6.45) is 1.62. The molecule has 2 amide bonds. The van der Waals surface area contributed by atoms with Crippen molar-refractivity contribution in [3.05, 3.63) is 103 Å². The van der Waals surface area contributed by atoms with Gasteiger partial charge in [0.25, 0.3) is 16.8 Å². The molecule has 0 unspecified atom stereocenters. The lowest BCUT2D eigenvalue weighted by atomic mass is 10.1. The second-order valence-electron chi connectivity index (χ2n) is 7.50. The second kappa shape index (κ2) is 10.7. The predicted octanol–water partition coefficient (Wildman–Crippen LogP) is 6.18. The molecule has 0 saturated carbocycles. The van der Waals surface area contributed by atoms with Gasteiger partial charge in [-0.3, -0.25) is 24.6 Å². The summed E-state index contributed by atoms with van der Waals surface area (Å²) in [7, 11) is 1.53. The Hall–Kier alpha value is -3.63. The van der Waals surface area contributed by atoms with Gasteiger partial charge in [0.1, 0.15) is 6.61 Å². The first-order chi connectivity index (χ1) is 16.9. The summed E-state index contributed by atoms with van der Waals surface area (Å²) >= 11 is 4.35. The number of hydrogen-bond donors (Lipinski definition) is 0. The lowest BCUT2D eigenvalue weighted by molar-refractivity contribution is -0.384. The highest BCUT2D eigenvalue weighted by atomic mass is 79.9. The Morgan fingerprint density at radius 3 is 2.43 bits per heavy atom. The maximum atomic E-state index is 12.9. The number of rotatable bonds is 8. The number of halogens is 1.